The number of carbonyl (C=O) groups is 2. The third-order valence-electron chi connectivity index (χ3n) is 5.57. The molecule has 0 bridgehead atoms. The fraction of sp³-hybridized carbons (Fsp3) is 0.867. The lowest BCUT2D eigenvalue weighted by molar-refractivity contribution is -0.137. The predicted octanol–water partition coefficient (Wildman–Crippen LogP) is 1.45. The van der Waals surface area contributed by atoms with E-state index in [2.05, 4.69) is 5.32 Å². The van der Waals surface area contributed by atoms with Gasteiger partial charge in [-0.25, -0.2) is 4.79 Å². The third kappa shape index (κ3) is 2.39. The Bertz CT molecular complexity index is 433. The summed E-state index contributed by atoms with van der Waals surface area (Å²) < 4.78 is 5.90. The fourth-order valence-electron chi connectivity index (χ4n) is 4.51. The quantitative estimate of drug-likeness (QED) is 0.823. The molecule has 0 radical (unpaired) electrons. The van der Waals surface area contributed by atoms with Crippen molar-refractivity contribution in [3.63, 3.8) is 0 Å². The summed E-state index contributed by atoms with van der Waals surface area (Å²) in [6.07, 6.45) is 6.04. The molecule has 0 aromatic rings. The molecule has 3 unspecified atom stereocenters. The van der Waals surface area contributed by atoms with E-state index in [-0.39, 0.29) is 30.5 Å². The SMILES string of the molecule is CN(CCC(=O)O)C(=O)NC1C2CCOC2C12CCCC2. The molecule has 6 heteroatoms. The van der Waals surface area contributed by atoms with E-state index in [1.54, 1.807) is 7.05 Å². The summed E-state index contributed by atoms with van der Waals surface area (Å²) in [5.74, 6) is -0.435. The summed E-state index contributed by atoms with van der Waals surface area (Å²) in [5.41, 5.74) is 0.143. The van der Waals surface area contributed by atoms with Crippen LogP contribution in [0.15, 0.2) is 0 Å². The number of urea groups is 1. The van der Waals surface area contributed by atoms with Gasteiger partial charge >= 0.3 is 12.0 Å². The minimum absolute atomic E-state index is 0.0190. The molecule has 3 fully saturated rings. The Morgan fingerprint density at radius 3 is 2.76 bits per heavy atom. The van der Waals surface area contributed by atoms with Crippen LogP contribution in [0, 0.1) is 11.3 Å². The number of ether oxygens (including phenoxy) is 1. The van der Waals surface area contributed by atoms with Crippen LogP contribution in [0.3, 0.4) is 0 Å². The number of carboxylic acid groups (broad SMARTS) is 1. The first-order valence-electron chi connectivity index (χ1n) is 7.89. The number of hydrogen-bond donors (Lipinski definition) is 2. The molecule has 0 aromatic heterocycles. The first-order chi connectivity index (χ1) is 10.0. The standard InChI is InChI=1S/C15H24N2O4/c1-17(8-4-11(18)19)14(20)16-12-10-5-9-21-13(10)15(12)6-2-3-7-15/h10,12-13H,2-9H2,1H3,(H,16,20)(H,18,19). The second kappa shape index (κ2) is 5.48. The van der Waals surface area contributed by atoms with Crippen molar-refractivity contribution in [2.45, 2.75) is 50.7 Å². The van der Waals surface area contributed by atoms with Crippen LogP contribution in [0.25, 0.3) is 0 Å². The van der Waals surface area contributed by atoms with Gasteiger partial charge in [-0.05, 0) is 19.3 Å². The summed E-state index contributed by atoms with van der Waals surface area (Å²) >= 11 is 0. The molecule has 1 aliphatic heterocycles. The van der Waals surface area contributed by atoms with Gasteiger partial charge in [-0.15, -0.1) is 0 Å². The zero-order chi connectivity index (χ0) is 15.0. The fourth-order valence-corrected chi connectivity index (χ4v) is 4.51. The number of carboxylic acids is 1. The summed E-state index contributed by atoms with van der Waals surface area (Å²) in [7, 11) is 1.65. The van der Waals surface area contributed by atoms with Crippen molar-refractivity contribution in [1.29, 1.82) is 0 Å². The predicted molar refractivity (Wildman–Crippen MR) is 76.0 cm³/mol. The molecule has 2 aliphatic carbocycles. The number of amides is 2. The highest BCUT2D eigenvalue weighted by atomic mass is 16.5. The summed E-state index contributed by atoms with van der Waals surface area (Å²) in [5, 5.41) is 11.9. The molecule has 1 spiro atoms. The maximum Gasteiger partial charge on any atom is 0.317 e. The smallest absolute Gasteiger partial charge is 0.317 e. The van der Waals surface area contributed by atoms with E-state index in [1.165, 1.54) is 17.7 Å². The van der Waals surface area contributed by atoms with Crippen molar-refractivity contribution in [3.8, 4) is 0 Å². The lowest BCUT2D eigenvalue weighted by Crippen LogP contribution is -2.69. The number of nitrogens with zero attached hydrogens (tertiary/aromatic N) is 1. The van der Waals surface area contributed by atoms with E-state index in [4.69, 9.17) is 9.84 Å². The second-order valence-electron chi connectivity index (χ2n) is 6.68. The van der Waals surface area contributed by atoms with Crippen LogP contribution < -0.4 is 5.32 Å². The normalized spacial score (nSPS) is 32.5. The molecule has 1 heterocycles. The first-order valence-corrected chi connectivity index (χ1v) is 7.89. The van der Waals surface area contributed by atoms with Crippen LogP contribution in [0.2, 0.25) is 0 Å². The largest absolute Gasteiger partial charge is 0.481 e. The highest BCUT2D eigenvalue weighted by molar-refractivity contribution is 5.75. The number of aliphatic carboxylic acids is 1. The van der Waals surface area contributed by atoms with Crippen LogP contribution in [0.5, 0.6) is 0 Å². The van der Waals surface area contributed by atoms with E-state index in [0.717, 1.165) is 25.9 Å². The maximum absolute atomic E-state index is 12.3. The van der Waals surface area contributed by atoms with E-state index >= 15 is 0 Å². The molecule has 2 N–H and O–H groups in total. The Morgan fingerprint density at radius 1 is 1.38 bits per heavy atom. The molecule has 3 atom stereocenters. The van der Waals surface area contributed by atoms with Gasteiger partial charge in [0.15, 0.2) is 0 Å². The first kappa shape index (κ1) is 14.6. The topological polar surface area (TPSA) is 78.9 Å². The van der Waals surface area contributed by atoms with Crippen molar-refractivity contribution < 1.29 is 19.4 Å². The Hall–Kier alpha value is -1.30. The molecule has 1 saturated heterocycles. The molecule has 6 nitrogen and oxygen atoms in total. The zero-order valence-corrected chi connectivity index (χ0v) is 12.5. The van der Waals surface area contributed by atoms with Gasteiger partial charge in [-0.3, -0.25) is 4.79 Å². The van der Waals surface area contributed by atoms with Gasteiger partial charge in [0.2, 0.25) is 0 Å². The maximum atomic E-state index is 12.3. The summed E-state index contributed by atoms with van der Waals surface area (Å²) in [6.45, 7) is 1.05. The Balaban J connectivity index is 1.61. The Kier molecular flexibility index (Phi) is 3.82. The molecule has 21 heavy (non-hydrogen) atoms. The minimum Gasteiger partial charge on any atom is -0.481 e. The van der Waals surface area contributed by atoms with Gasteiger partial charge < -0.3 is 20.1 Å². The highest BCUT2D eigenvalue weighted by Gasteiger charge is 2.65. The molecule has 2 saturated carbocycles. The van der Waals surface area contributed by atoms with Gasteiger partial charge in [0.1, 0.15) is 0 Å². The second-order valence-corrected chi connectivity index (χ2v) is 6.68. The average Bonchev–Trinajstić information content (AvgIpc) is 3.09. The monoisotopic (exact) mass is 296 g/mol. The van der Waals surface area contributed by atoms with Gasteiger partial charge in [0.05, 0.1) is 12.5 Å². The van der Waals surface area contributed by atoms with Crippen LogP contribution in [-0.4, -0.2) is 54.4 Å². The summed E-state index contributed by atoms with van der Waals surface area (Å²) in [4.78, 5) is 24.3. The lowest BCUT2D eigenvalue weighted by atomic mass is 9.54. The molecule has 3 aliphatic rings. The van der Waals surface area contributed by atoms with E-state index in [9.17, 15) is 9.59 Å². The van der Waals surface area contributed by atoms with Crippen molar-refractivity contribution in [1.82, 2.24) is 10.2 Å². The number of hydrogen-bond acceptors (Lipinski definition) is 3. The molecule has 0 aromatic carbocycles. The highest BCUT2D eigenvalue weighted by Crippen LogP contribution is 2.60. The summed E-state index contributed by atoms with van der Waals surface area (Å²) in [6, 6.07) is 0.0464. The van der Waals surface area contributed by atoms with E-state index < -0.39 is 5.97 Å². The van der Waals surface area contributed by atoms with Crippen molar-refractivity contribution in [3.05, 3.63) is 0 Å². The zero-order valence-electron chi connectivity index (χ0n) is 12.5. The van der Waals surface area contributed by atoms with Crippen molar-refractivity contribution >= 4 is 12.0 Å². The number of carbonyl (C=O) groups excluding carboxylic acids is 1. The van der Waals surface area contributed by atoms with Crippen LogP contribution in [0.1, 0.15) is 38.5 Å². The third-order valence-corrected chi connectivity index (χ3v) is 5.57. The van der Waals surface area contributed by atoms with Crippen molar-refractivity contribution in [2.24, 2.45) is 11.3 Å². The van der Waals surface area contributed by atoms with Gasteiger partial charge in [0, 0.05) is 37.6 Å². The average molecular weight is 296 g/mol. The molecule has 3 rings (SSSR count). The van der Waals surface area contributed by atoms with Crippen LogP contribution in [0.4, 0.5) is 4.79 Å². The van der Waals surface area contributed by atoms with E-state index in [0.29, 0.717) is 12.0 Å². The van der Waals surface area contributed by atoms with Gasteiger partial charge in [-0.2, -0.15) is 0 Å². The van der Waals surface area contributed by atoms with Gasteiger partial charge in [-0.1, -0.05) is 12.8 Å². The number of fused-ring (bicyclic) bond motifs is 2. The van der Waals surface area contributed by atoms with E-state index in [1.807, 2.05) is 0 Å². The van der Waals surface area contributed by atoms with Crippen LogP contribution in [-0.2, 0) is 9.53 Å². The number of nitrogens with one attached hydrogen (secondary N) is 1. The minimum atomic E-state index is -0.880. The van der Waals surface area contributed by atoms with Crippen LogP contribution >= 0.6 is 0 Å². The molecule has 118 valence electrons. The van der Waals surface area contributed by atoms with Crippen molar-refractivity contribution in [2.75, 3.05) is 20.2 Å². The molecular formula is C15H24N2O4. The van der Waals surface area contributed by atoms with Gasteiger partial charge in [0.25, 0.3) is 0 Å². The molecule has 2 amide bonds. The lowest BCUT2D eigenvalue weighted by Gasteiger charge is -2.56. The number of rotatable bonds is 4. The Labute approximate surface area is 124 Å². The Morgan fingerprint density at radius 2 is 2.10 bits per heavy atom. The molecular weight excluding hydrogens is 272 g/mol.